The molecule has 1 N–H and O–H groups in total. The van der Waals surface area contributed by atoms with E-state index in [1.807, 2.05) is 26.8 Å². The highest BCUT2D eigenvalue weighted by atomic mass is 19.1. The third kappa shape index (κ3) is 3.21. The Morgan fingerprint density at radius 1 is 1.36 bits per heavy atom. The Bertz CT molecular complexity index is 721. The highest BCUT2D eigenvalue weighted by Crippen LogP contribution is 2.47. The number of carbonyl (C=O) groups is 1. The second-order valence-electron chi connectivity index (χ2n) is 7.99. The smallest absolute Gasteiger partial charge is 0.410 e. The molecule has 2 aliphatic heterocycles. The molecule has 2 fully saturated rings. The van der Waals surface area contributed by atoms with Crippen molar-refractivity contribution in [2.45, 2.75) is 69.7 Å². The number of nitriles is 1. The van der Waals surface area contributed by atoms with Gasteiger partial charge in [-0.05, 0) is 39.7 Å². The zero-order valence-electron chi connectivity index (χ0n) is 14.8. The van der Waals surface area contributed by atoms with Gasteiger partial charge < -0.3 is 14.7 Å². The van der Waals surface area contributed by atoms with Gasteiger partial charge in [-0.2, -0.15) is 5.26 Å². The van der Waals surface area contributed by atoms with Crippen LogP contribution in [0.15, 0.2) is 18.2 Å². The van der Waals surface area contributed by atoms with E-state index in [-0.39, 0.29) is 36.6 Å². The van der Waals surface area contributed by atoms with Crippen molar-refractivity contribution in [3.8, 4) is 6.07 Å². The van der Waals surface area contributed by atoms with Crippen LogP contribution in [0.3, 0.4) is 0 Å². The summed E-state index contributed by atoms with van der Waals surface area (Å²) < 4.78 is 19.4. The molecule has 134 valence electrons. The lowest BCUT2D eigenvalue weighted by molar-refractivity contribution is -0.0627. The first kappa shape index (κ1) is 17.7. The zero-order valence-corrected chi connectivity index (χ0v) is 14.8. The summed E-state index contributed by atoms with van der Waals surface area (Å²) in [4.78, 5) is 14.2. The quantitative estimate of drug-likeness (QED) is 0.845. The van der Waals surface area contributed by atoms with Gasteiger partial charge in [-0.25, -0.2) is 9.18 Å². The highest BCUT2D eigenvalue weighted by Gasteiger charge is 2.51. The van der Waals surface area contributed by atoms with Gasteiger partial charge in [0.25, 0.3) is 0 Å². The molecule has 2 aliphatic rings. The molecule has 2 unspecified atom stereocenters. The summed E-state index contributed by atoms with van der Waals surface area (Å²) in [6, 6.07) is 5.84. The van der Waals surface area contributed by atoms with Crippen LogP contribution in [0.25, 0.3) is 0 Å². The number of hydrogen-bond acceptors (Lipinski definition) is 4. The Morgan fingerprint density at radius 3 is 2.48 bits per heavy atom. The second kappa shape index (κ2) is 5.99. The monoisotopic (exact) mass is 346 g/mol. The van der Waals surface area contributed by atoms with Gasteiger partial charge in [-0.15, -0.1) is 0 Å². The third-order valence-electron chi connectivity index (χ3n) is 5.00. The lowest BCUT2D eigenvalue weighted by Crippen LogP contribution is -2.53. The highest BCUT2D eigenvalue weighted by molar-refractivity contribution is 5.70. The van der Waals surface area contributed by atoms with E-state index in [1.165, 1.54) is 12.1 Å². The summed E-state index contributed by atoms with van der Waals surface area (Å²) in [6.45, 7) is 5.46. The predicted molar refractivity (Wildman–Crippen MR) is 89.1 cm³/mol. The van der Waals surface area contributed by atoms with Crippen LogP contribution in [-0.2, 0) is 10.3 Å². The van der Waals surface area contributed by atoms with Crippen molar-refractivity contribution in [2.24, 2.45) is 0 Å². The Labute approximate surface area is 147 Å². The second-order valence-corrected chi connectivity index (χ2v) is 7.99. The summed E-state index contributed by atoms with van der Waals surface area (Å²) in [6.07, 6.45) is 1.72. The summed E-state index contributed by atoms with van der Waals surface area (Å²) in [5.74, 6) is -0.629. The fraction of sp³-hybridized carbons (Fsp3) is 0.579. The molecule has 0 aliphatic carbocycles. The van der Waals surface area contributed by atoms with Crippen LogP contribution < -0.4 is 0 Å². The van der Waals surface area contributed by atoms with Gasteiger partial charge in [0.15, 0.2) is 0 Å². The van der Waals surface area contributed by atoms with E-state index in [2.05, 4.69) is 0 Å². The first-order valence-electron chi connectivity index (χ1n) is 8.57. The number of nitrogens with zero attached hydrogens (tertiary/aromatic N) is 2. The first-order chi connectivity index (χ1) is 11.6. The molecular formula is C19H23FN2O3. The van der Waals surface area contributed by atoms with E-state index in [9.17, 15) is 19.6 Å². The minimum absolute atomic E-state index is 0.116. The van der Waals surface area contributed by atoms with Gasteiger partial charge in [-0.1, -0.05) is 12.1 Å². The van der Waals surface area contributed by atoms with Crippen molar-refractivity contribution in [3.63, 3.8) is 0 Å². The molecule has 2 saturated heterocycles. The molecule has 0 aromatic heterocycles. The van der Waals surface area contributed by atoms with Crippen molar-refractivity contribution >= 4 is 6.09 Å². The molecule has 0 radical (unpaired) electrons. The van der Waals surface area contributed by atoms with Gasteiger partial charge >= 0.3 is 6.09 Å². The van der Waals surface area contributed by atoms with Crippen molar-refractivity contribution in [1.29, 1.82) is 5.26 Å². The van der Waals surface area contributed by atoms with Gasteiger partial charge in [0.05, 0.1) is 11.2 Å². The normalized spacial score (nSPS) is 28.6. The van der Waals surface area contributed by atoms with Crippen LogP contribution in [-0.4, -0.2) is 33.8 Å². The standard InChI is InChI=1S/C19H23FN2O3/c1-18(2,3)25-17(23)22-12-7-8-13(22)10-19(24,9-12)15-5-4-6-16(20)14(15)11-21/h4-6,12-13,24H,7-10H2,1-3H3. The number of amides is 1. The van der Waals surface area contributed by atoms with Crippen LogP contribution in [0, 0.1) is 17.1 Å². The third-order valence-corrected chi connectivity index (χ3v) is 5.00. The lowest BCUT2D eigenvalue weighted by atomic mass is 9.78. The van der Waals surface area contributed by atoms with Crippen molar-refractivity contribution in [1.82, 2.24) is 4.90 Å². The van der Waals surface area contributed by atoms with E-state index in [0.717, 1.165) is 12.8 Å². The molecule has 1 amide bonds. The fourth-order valence-corrected chi connectivity index (χ4v) is 4.08. The van der Waals surface area contributed by atoms with E-state index in [1.54, 1.807) is 11.0 Å². The summed E-state index contributed by atoms with van der Waals surface area (Å²) in [5, 5.41) is 20.5. The van der Waals surface area contributed by atoms with Gasteiger partial charge in [0.2, 0.25) is 0 Å². The van der Waals surface area contributed by atoms with Crippen molar-refractivity contribution < 1.29 is 19.0 Å². The first-order valence-corrected chi connectivity index (χ1v) is 8.57. The van der Waals surface area contributed by atoms with Gasteiger partial charge in [0, 0.05) is 30.5 Å². The fourth-order valence-electron chi connectivity index (χ4n) is 4.08. The molecule has 6 heteroatoms. The Hall–Kier alpha value is -2.13. The number of rotatable bonds is 1. The number of piperidine rings is 1. The number of hydrogen-bond donors (Lipinski definition) is 1. The molecule has 0 spiro atoms. The molecule has 1 aromatic carbocycles. The van der Waals surface area contributed by atoms with Crippen molar-refractivity contribution in [2.75, 3.05) is 0 Å². The molecule has 2 atom stereocenters. The van der Waals surface area contributed by atoms with Crippen LogP contribution in [0.1, 0.15) is 57.6 Å². The average Bonchev–Trinajstić information content (AvgIpc) is 2.78. The summed E-state index contributed by atoms with van der Waals surface area (Å²) >= 11 is 0. The topological polar surface area (TPSA) is 73.6 Å². The molecule has 5 nitrogen and oxygen atoms in total. The number of aliphatic hydroxyl groups is 1. The van der Waals surface area contributed by atoms with Crippen LogP contribution in [0.5, 0.6) is 0 Å². The lowest BCUT2D eigenvalue weighted by Gasteiger charge is -2.44. The number of fused-ring (bicyclic) bond motifs is 2. The number of carbonyl (C=O) groups excluding carboxylic acids is 1. The predicted octanol–water partition coefficient (Wildman–Crippen LogP) is 3.45. The molecule has 2 heterocycles. The number of halogens is 1. The largest absolute Gasteiger partial charge is 0.444 e. The van der Waals surface area contributed by atoms with Crippen LogP contribution in [0.2, 0.25) is 0 Å². The molecule has 3 rings (SSSR count). The average molecular weight is 346 g/mol. The SMILES string of the molecule is CC(C)(C)OC(=O)N1C2CCC1CC(O)(c1cccc(F)c1C#N)C2. The number of benzene rings is 1. The Kier molecular flexibility index (Phi) is 4.24. The summed E-state index contributed by atoms with van der Waals surface area (Å²) in [5.41, 5.74) is -1.69. The maximum absolute atomic E-state index is 14.0. The Morgan fingerprint density at radius 2 is 1.96 bits per heavy atom. The molecule has 1 aromatic rings. The van der Waals surface area contributed by atoms with E-state index in [0.29, 0.717) is 5.56 Å². The minimum Gasteiger partial charge on any atom is -0.444 e. The van der Waals surface area contributed by atoms with Crippen LogP contribution in [0.4, 0.5) is 9.18 Å². The minimum atomic E-state index is -1.31. The maximum atomic E-state index is 14.0. The maximum Gasteiger partial charge on any atom is 0.410 e. The van der Waals surface area contributed by atoms with E-state index < -0.39 is 17.0 Å². The molecule has 2 bridgehead atoms. The zero-order chi connectivity index (χ0) is 18.4. The van der Waals surface area contributed by atoms with Gasteiger partial charge in [0.1, 0.15) is 17.5 Å². The van der Waals surface area contributed by atoms with E-state index in [4.69, 9.17) is 4.74 Å². The van der Waals surface area contributed by atoms with Crippen molar-refractivity contribution in [3.05, 3.63) is 35.1 Å². The molecule has 25 heavy (non-hydrogen) atoms. The molecule has 0 saturated carbocycles. The molecular weight excluding hydrogens is 323 g/mol. The van der Waals surface area contributed by atoms with Gasteiger partial charge in [-0.3, -0.25) is 0 Å². The Balaban J connectivity index is 1.88. The van der Waals surface area contributed by atoms with Crippen LogP contribution >= 0.6 is 0 Å². The van der Waals surface area contributed by atoms with E-state index >= 15 is 0 Å². The number of ether oxygens (including phenoxy) is 1. The summed E-state index contributed by atoms with van der Waals surface area (Å²) in [7, 11) is 0.